The average molecular weight is 442 g/mol. The van der Waals surface area contributed by atoms with Gasteiger partial charge in [-0.3, -0.25) is 4.52 Å². The van der Waals surface area contributed by atoms with Crippen molar-refractivity contribution in [2.45, 2.75) is 5.60 Å². The van der Waals surface area contributed by atoms with Gasteiger partial charge in [0.2, 0.25) is 0 Å². The molecule has 0 saturated heterocycles. The molecular formula is C27H23O4P. The molecular weight excluding hydrogens is 419 g/mol. The molecule has 0 radical (unpaired) electrons. The fraction of sp³-hybridized carbons (Fsp3) is 0.0370. The molecule has 0 saturated carbocycles. The fourth-order valence-electron chi connectivity index (χ4n) is 3.80. The second kappa shape index (κ2) is 9.47. The highest BCUT2D eigenvalue weighted by Crippen LogP contribution is 2.50. The molecule has 0 bridgehead atoms. The van der Waals surface area contributed by atoms with Gasteiger partial charge in [0, 0.05) is 0 Å². The summed E-state index contributed by atoms with van der Waals surface area (Å²) in [7, 11) is -4.90. The molecule has 0 aromatic heterocycles. The van der Waals surface area contributed by atoms with E-state index in [0.29, 0.717) is 11.1 Å². The van der Waals surface area contributed by atoms with E-state index in [1.807, 2.05) is 121 Å². The molecule has 0 aliphatic heterocycles. The van der Waals surface area contributed by atoms with Gasteiger partial charge in [0.1, 0.15) is 5.60 Å². The zero-order valence-corrected chi connectivity index (χ0v) is 18.2. The zero-order chi connectivity index (χ0) is 22.4. The van der Waals surface area contributed by atoms with E-state index in [1.54, 1.807) is 6.08 Å². The first-order valence-corrected chi connectivity index (χ1v) is 11.7. The van der Waals surface area contributed by atoms with Gasteiger partial charge in [-0.2, -0.15) is 0 Å². The Morgan fingerprint density at radius 1 is 0.625 bits per heavy atom. The first-order valence-electron chi connectivity index (χ1n) is 10.2. The van der Waals surface area contributed by atoms with E-state index < -0.39 is 13.4 Å². The van der Waals surface area contributed by atoms with Gasteiger partial charge >= 0.3 is 7.82 Å². The molecule has 0 aliphatic rings. The molecule has 5 heteroatoms. The maximum atomic E-state index is 12.3. The van der Waals surface area contributed by atoms with Crippen LogP contribution in [0.4, 0.5) is 0 Å². The van der Waals surface area contributed by atoms with E-state index in [1.165, 1.54) is 0 Å². The van der Waals surface area contributed by atoms with E-state index in [-0.39, 0.29) is 0 Å². The number of benzene rings is 4. The van der Waals surface area contributed by atoms with Crippen molar-refractivity contribution >= 4 is 13.4 Å². The summed E-state index contributed by atoms with van der Waals surface area (Å²) in [6, 6.07) is 37.7. The van der Waals surface area contributed by atoms with E-state index >= 15 is 0 Å². The third kappa shape index (κ3) is 4.96. The van der Waals surface area contributed by atoms with Gasteiger partial charge < -0.3 is 9.79 Å². The Labute approximate surface area is 187 Å². The molecule has 4 rings (SSSR count). The van der Waals surface area contributed by atoms with Crippen molar-refractivity contribution in [2.75, 3.05) is 0 Å². The Morgan fingerprint density at radius 3 is 1.31 bits per heavy atom. The zero-order valence-electron chi connectivity index (χ0n) is 17.3. The lowest BCUT2D eigenvalue weighted by atomic mass is 9.82. The molecule has 0 fully saturated rings. The Kier molecular flexibility index (Phi) is 6.50. The molecule has 4 aromatic rings. The topological polar surface area (TPSA) is 66.8 Å². The van der Waals surface area contributed by atoms with Gasteiger partial charge in [-0.25, -0.2) is 4.57 Å². The van der Waals surface area contributed by atoms with E-state index in [2.05, 4.69) is 0 Å². The van der Waals surface area contributed by atoms with Crippen LogP contribution in [0.3, 0.4) is 0 Å². The lowest BCUT2D eigenvalue weighted by Gasteiger charge is -2.33. The minimum absolute atomic E-state index is 0.610. The highest BCUT2D eigenvalue weighted by molar-refractivity contribution is 7.46. The van der Waals surface area contributed by atoms with E-state index in [9.17, 15) is 14.4 Å². The summed E-state index contributed by atoms with van der Waals surface area (Å²) >= 11 is 0. The van der Waals surface area contributed by atoms with Crippen molar-refractivity contribution in [1.82, 2.24) is 0 Å². The summed E-state index contributed by atoms with van der Waals surface area (Å²) in [6.45, 7) is 0. The lowest BCUT2D eigenvalue weighted by Crippen LogP contribution is -2.28. The second-order valence-corrected chi connectivity index (χ2v) is 8.50. The molecule has 0 heterocycles. The summed E-state index contributed by atoms with van der Waals surface area (Å²) < 4.78 is 18.0. The van der Waals surface area contributed by atoms with Crippen molar-refractivity contribution in [3.05, 3.63) is 150 Å². The van der Waals surface area contributed by atoms with Gasteiger partial charge in [-0.05, 0) is 33.9 Å². The Bertz CT molecular complexity index is 1140. The van der Waals surface area contributed by atoms with E-state index in [0.717, 1.165) is 16.7 Å². The first-order chi connectivity index (χ1) is 15.5. The van der Waals surface area contributed by atoms with Gasteiger partial charge in [0.05, 0.1) is 0 Å². The highest BCUT2D eigenvalue weighted by atomic mass is 31.2. The highest BCUT2D eigenvalue weighted by Gasteiger charge is 2.40. The minimum atomic E-state index is -4.90. The third-order valence-electron chi connectivity index (χ3n) is 5.19. The number of hydrogen-bond donors (Lipinski definition) is 2. The van der Waals surface area contributed by atoms with Crippen molar-refractivity contribution in [1.29, 1.82) is 0 Å². The lowest BCUT2D eigenvalue weighted by molar-refractivity contribution is 0.104. The van der Waals surface area contributed by atoms with Crippen LogP contribution >= 0.6 is 7.82 Å². The summed E-state index contributed by atoms with van der Waals surface area (Å²) in [4.78, 5) is 20.0. The molecule has 32 heavy (non-hydrogen) atoms. The molecule has 160 valence electrons. The average Bonchev–Trinajstić information content (AvgIpc) is 2.83. The molecule has 4 aromatic carbocycles. The van der Waals surface area contributed by atoms with Crippen LogP contribution in [0.5, 0.6) is 0 Å². The predicted octanol–water partition coefficient (Wildman–Crippen LogP) is 6.17. The maximum absolute atomic E-state index is 12.3. The maximum Gasteiger partial charge on any atom is 0.471 e. The van der Waals surface area contributed by atoms with Crippen LogP contribution in [0, 0.1) is 0 Å². The van der Waals surface area contributed by atoms with Crippen LogP contribution in [0.2, 0.25) is 0 Å². The predicted molar refractivity (Wildman–Crippen MR) is 127 cm³/mol. The fourth-order valence-corrected chi connectivity index (χ4v) is 4.43. The summed E-state index contributed by atoms with van der Waals surface area (Å²) in [6.07, 6.45) is 1.81. The Hall–Kier alpha value is -3.27. The second-order valence-electron chi connectivity index (χ2n) is 7.34. The molecule has 0 amide bonds. The SMILES string of the molecule is O=P(O)(O)OC(C=C(c1ccccc1)c1ccccc1)(c1ccccc1)c1ccccc1. The van der Waals surface area contributed by atoms with Gasteiger partial charge in [-0.15, -0.1) is 0 Å². The minimum Gasteiger partial charge on any atom is -0.303 e. The number of hydrogen-bond acceptors (Lipinski definition) is 2. The van der Waals surface area contributed by atoms with Crippen molar-refractivity contribution in [3.8, 4) is 0 Å². The molecule has 4 nitrogen and oxygen atoms in total. The molecule has 0 unspecified atom stereocenters. The van der Waals surface area contributed by atoms with Crippen LogP contribution in [0.15, 0.2) is 127 Å². The number of rotatable bonds is 7. The van der Waals surface area contributed by atoms with Crippen LogP contribution in [0.1, 0.15) is 22.3 Å². The quantitative estimate of drug-likeness (QED) is 0.336. The molecule has 0 aliphatic carbocycles. The van der Waals surface area contributed by atoms with Crippen LogP contribution < -0.4 is 0 Å². The standard InChI is InChI=1S/C27H23O4P/c28-32(29,30)31-27(24-17-9-3-10-18-24,25-19-11-4-12-20-25)21-26(22-13-5-1-6-14-22)23-15-7-2-8-16-23/h1-21H,(H2,28,29,30). The number of phosphoric acid groups is 1. The van der Waals surface area contributed by atoms with Crippen LogP contribution in [0.25, 0.3) is 5.57 Å². The smallest absolute Gasteiger partial charge is 0.303 e. The molecule has 0 spiro atoms. The molecule has 0 atom stereocenters. The third-order valence-corrected chi connectivity index (χ3v) is 5.71. The largest absolute Gasteiger partial charge is 0.471 e. The van der Waals surface area contributed by atoms with Crippen molar-refractivity contribution < 1.29 is 18.9 Å². The van der Waals surface area contributed by atoms with Crippen molar-refractivity contribution in [3.63, 3.8) is 0 Å². The summed E-state index contributed by atoms with van der Waals surface area (Å²) in [5.74, 6) is 0. The van der Waals surface area contributed by atoms with Crippen LogP contribution in [-0.2, 0) is 14.7 Å². The first kappa shape index (κ1) is 21.9. The van der Waals surface area contributed by atoms with E-state index in [4.69, 9.17) is 4.52 Å². The number of phosphoric ester groups is 1. The molecule has 2 N–H and O–H groups in total. The van der Waals surface area contributed by atoms with Gasteiger partial charge in [0.15, 0.2) is 0 Å². The van der Waals surface area contributed by atoms with Crippen LogP contribution in [-0.4, -0.2) is 9.79 Å². The normalized spacial score (nSPS) is 11.7. The summed E-state index contributed by atoms with van der Waals surface area (Å²) in [5.41, 5.74) is 2.31. The van der Waals surface area contributed by atoms with Crippen molar-refractivity contribution in [2.24, 2.45) is 0 Å². The monoisotopic (exact) mass is 442 g/mol. The Balaban J connectivity index is 2.08. The van der Waals surface area contributed by atoms with Gasteiger partial charge in [-0.1, -0.05) is 121 Å². The summed E-state index contributed by atoms with van der Waals surface area (Å²) in [5, 5.41) is 0. The Morgan fingerprint density at radius 2 is 0.969 bits per heavy atom. The van der Waals surface area contributed by atoms with Gasteiger partial charge in [0.25, 0.3) is 0 Å².